The van der Waals surface area contributed by atoms with Crippen LogP contribution in [0.2, 0.25) is 0 Å². The van der Waals surface area contributed by atoms with Crippen LogP contribution in [0, 0.1) is 0 Å². The Morgan fingerprint density at radius 2 is 1.57 bits per heavy atom. The van der Waals surface area contributed by atoms with Crippen molar-refractivity contribution in [3.05, 3.63) is 95.6 Å². The molecule has 0 unspecified atom stereocenters. The van der Waals surface area contributed by atoms with Gasteiger partial charge in [0, 0.05) is 42.6 Å². The number of anilines is 2. The Morgan fingerprint density at radius 3 is 2.29 bits per heavy atom. The predicted octanol–water partition coefficient (Wildman–Crippen LogP) is 4.54. The molecule has 182 valence electrons. The SMILES string of the molecule is CCCCNC(=O)c1ccc(NC(=O)CNc2cccc(C(=O)N(C)Cc3ccccc3)c2)cc1. The van der Waals surface area contributed by atoms with Gasteiger partial charge in [-0.05, 0) is 54.4 Å². The Kier molecular flexibility index (Phi) is 9.42. The molecule has 3 amide bonds. The molecule has 35 heavy (non-hydrogen) atoms. The molecular weight excluding hydrogens is 440 g/mol. The average molecular weight is 473 g/mol. The van der Waals surface area contributed by atoms with E-state index < -0.39 is 0 Å². The summed E-state index contributed by atoms with van der Waals surface area (Å²) in [7, 11) is 1.77. The Labute approximate surface area is 206 Å². The fraction of sp³-hybridized carbons (Fsp3) is 0.250. The van der Waals surface area contributed by atoms with E-state index in [1.54, 1.807) is 54.4 Å². The number of hydrogen-bond acceptors (Lipinski definition) is 4. The topological polar surface area (TPSA) is 90.5 Å². The lowest BCUT2D eigenvalue weighted by Gasteiger charge is -2.18. The average Bonchev–Trinajstić information content (AvgIpc) is 2.88. The van der Waals surface area contributed by atoms with E-state index in [-0.39, 0.29) is 24.3 Å². The number of carbonyl (C=O) groups excluding carboxylic acids is 3. The Balaban J connectivity index is 1.50. The first kappa shape index (κ1) is 25.5. The second-order valence-corrected chi connectivity index (χ2v) is 8.32. The van der Waals surface area contributed by atoms with Crippen molar-refractivity contribution in [1.82, 2.24) is 10.2 Å². The fourth-order valence-corrected chi connectivity index (χ4v) is 3.48. The molecule has 0 fully saturated rings. The minimum Gasteiger partial charge on any atom is -0.376 e. The molecule has 3 N–H and O–H groups in total. The highest BCUT2D eigenvalue weighted by atomic mass is 16.2. The highest BCUT2D eigenvalue weighted by molar-refractivity contribution is 5.97. The summed E-state index contributed by atoms with van der Waals surface area (Å²) in [4.78, 5) is 38.9. The van der Waals surface area contributed by atoms with Gasteiger partial charge in [-0.2, -0.15) is 0 Å². The Hall–Kier alpha value is -4.13. The normalized spacial score (nSPS) is 10.3. The molecule has 0 aromatic heterocycles. The van der Waals surface area contributed by atoms with Crippen molar-refractivity contribution in [2.24, 2.45) is 0 Å². The van der Waals surface area contributed by atoms with Gasteiger partial charge in [0.15, 0.2) is 0 Å². The van der Waals surface area contributed by atoms with Crippen molar-refractivity contribution in [2.45, 2.75) is 26.3 Å². The third-order valence-electron chi connectivity index (χ3n) is 5.42. The highest BCUT2D eigenvalue weighted by Crippen LogP contribution is 2.14. The van der Waals surface area contributed by atoms with Gasteiger partial charge in [0.2, 0.25) is 5.91 Å². The van der Waals surface area contributed by atoms with Crippen LogP contribution in [0.15, 0.2) is 78.9 Å². The number of nitrogens with zero attached hydrogens (tertiary/aromatic N) is 1. The van der Waals surface area contributed by atoms with Crippen molar-refractivity contribution in [2.75, 3.05) is 30.8 Å². The number of rotatable bonds is 11. The van der Waals surface area contributed by atoms with Crippen molar-refractivity contribution in [1.29, 1.82) is 0 Å². The van der Waals surface area contributed by atoms with E-state index in [2.05, 4.69) is 22.9 Å². The Bertz CT molecular complexity index is 1130. The van der Waals surface area contributed by atoms with Crippen molar-refractivity contribution in [3.8, 4) is 0 Å². The lowest BCUT2D eigenvalue weighted by molar-refractivity contribution is -0.114. The van der Waals surface area contributed by atoms with E-state index in [1.807, 2.05) is 36.4 Å². The maximum atomic E-state index is 12.8. The largest absolute Gasteiger partial charge is 0.376 e. The van der Waals surface area contributed by atoms with Gasteiger partial charge < -0.3 is 20.9 Å². The molecule has 0 saturated carbocycles. The van der Waals surface area contributed by atoms with Gasteiger partial charge in [-0.15, -0.1) is 0 Å². The van der Waals surface area contributed by atoms with Crippen LogP contribution in [0.4, 0.5) is 11.4 Å². The van der Waals surface area contributed by atoms with Crippen molar-refractivity contribution < 1.29 is 14.4 Å². The molecule has 0 atom stereocenters. The summed E-state index contributed by atoms with van der Waals surface area (Å²) in [6, 6.07) is 23.7. The summed E-state index contributed by atoms with van der Waals surface area (Å²) in [5.74, 6) is -0.453. The molecule has 3 rings (SSSR count). The number of carbonyl (C=O) groups is 3. The minimum absolute atomic E-state index is 0.0384. The van der Waals surface area contributed by atoms with E-state index in [0.717, 1.165) is 18.4 Å². The lowest BCUT2D eigenvalue weighted by atomic mass is 10.1. The molecule has 0 radical (unpaired) electrons. The van der Waals surface area contributed by atoms with Crippen molar-refractivity contribution >= 4 is 29.1 Å². The Morgan fingerprint density at radius 1 is 0.829 bits per heavy atom. The molecule has 7 nitrogen and oxygen atoms in total. The van der Waals surface area contributed by atoms with Crippen LogP contribution in [0.1, 0.15) is 46.0 Å². The third-order valence-corrected chi connectivity index (χ3v) is 5.42. The first-order valence-corrected chi connectivity index (χ1v) is 11.8. The van der Waals surface area contributed by atoms with Crippen LogP contribution < -0.4 is 16.0 Å². The lowest BCUT2D eigenvalue weighted by Crippen LogP contribution is -2.26. The summed E-state index contributed by atoms with van der Waals surface area (Å²) in [6.07, 6.45) is 1.96. The smallest absolute Gasteiger partial charge is 0.253 e. The van der Waals surface area contributed by atoms with Crippen LogP contribution in [0.25, 0.3) is 0 Å². The van der Waals surface area contributed by atoms with Crippen LogP contribution >= 0.6 is 0 Å². The monoisotopic (exact) mass is 472 g/mol. The summed E-state index contributed by atoms with van der Waals surface area (Å²) in [6.45, 7) is 3.27. The number of benzene rings is 3. The van der Waals surface area contributed by atoms with Gasteiger partial charge in [0.25, 0.3) is 11.8 Å². The van der Waals surface area contributed by atoms with E-state index >= 15 is 0 Å². The second-order valence-electron chi connectivity index (χ2n) is 8.32. The highest BCUT2D eigenvalue weighted by Gasteiger charge is 2.13. The van der Waals surface area contributed by atoms with Crippen LogP contribution in [0.3, 0.4) is 0 Å². The summed E-state index contributed by atoms with van der Waals surface area (Å²) in [5, 5.41) is 8.73. The molecule has 0 spiro atoms. The standard InChI is InChI=1S/C28H32N4O3/c1-3-4-17-29-27(34)22-13-15-24(16-14-22)31-26(33)19-30-25-12-8-11-23(18-25)28(35)32(2)20-21-9-6-5-7-10-21/h5-16,18,30H,3-4,17,19-20H2,1-2H3,(H,29,34)(H,31,33). The van der Waals surface area contributed by atoms with E-state index in [9.17, 15) is 14.4 Å². The van der Waals surface area contributed by atoms with Crippen LogP contribution in [-0.2, 0) is 11.3 Å². The van der Waals surface area contributed by atoms with Crippen LogP contribution in [-0.4, -0.2) is 42.8 Å². The maximum Gasteiger partial charge on any atom is 0.253 e. The molecule has 0 saturated heterocycles. The number of hydrogen-bond donors (Lipinski definition) is 3. The van der Waals surface area contributed by atoms with Gasteiger partial charge in [-0.1, -0.05) is 49.7 Å². The molecule has 3 aromatic rings. The molecule has 7 heteroatoms. The molecular formula is C28H32N4O3. The first-order chi connectivity index (χ1) is 17.0. The van der Waals surface area contributed by atoms with E-state index in [1.165, 1.54) is 0 Å². The number of nitrogens with one attached hydrogen (secondary N) is 3. The summed E-state index contributed by atoms with van der Waals surface area (Å²) in [5.41, 5.74) is 3.43. The molecule has 0 aliphatic heterocycles. The zero-order valence-electron chi connectivity index (χ0n) is 20.2. The predicted molar refractivity (Wildman–Crippen MR) is 139 cm³/mol. The number of unbranched alkanes of at least 4 members (excludes halogenated alkanes) is 1. The van der Waals surface area contributed by atoms with Gasteiger partial charge in [0.05, 0.1) is 6.54 Å². The van der Waals surface area contributed by atoms with E-state index in [0.29, 0.717) is 35.6 Å². The molecule has 0 bridgehead atoms. The van der Waals surface area contributed by atoms with E-state index in [4.69, 9.17) is 0 Å². The first-order valence-electron chi connectivity index (χ1n) is 11.8. The zero-order valence-corrected chi connectivity index (χ0v) is 20.2. The van der Waals surface area contributed by atoms with Gasteiger partial charge in [-0.3, -0.25) is 14.4 Å². The number of amides is 3. The quantitative estimate of drug-likeness (QED) is 0.358. The van der Waals surface area contributed by atoms with Gasteiger partial charge >= 0.3 is 0 Å². The minimum atomic E-state index is -0.233. The van der Waals surface area contributed by atoms with Gasteiger partial charge in [-0.25, -0.2) is 0 Å². The maximum absolute atomic E-state index is 12.8. The fourth-order valence-electron chi connectivity index (χ4n) is 3.48. The van der Waals surface area contributed by atoms with Crippen molar-refractivity contribution in [3.63, 3.8) is 0 Å². The molecule has 0 heterocycles. The van der Waals surface area contributed by atoms with Crippen LogP contribution in [0.5, 0.6) is 0 Å². The molecule has 0 aliphatic rings. The summed E-state index contributed by atoms with van der Waals surface area (Å²) < 4.78 is 0. The van der Waals surface area contributed by atoms with Gasteiger partial charge in [0.1, 0.15) is 0 Å². The third kappa shape index (κ3) is 7.99. The summed E-state index contributed by atoms with van der Waals surface area (Å²) >= 11 is 0. The molecule has 0 aliphatic carbocycles. The zero-order chi connectivity index (χ0) is 25.0. The molecule has 3 aromatic carbocycles. The second kappa shape index (κ2) is 12.9.